The molecule has 2 aliphatic rings. The minimum absolute atomic E-state index is 0.0100. The van der Waals surface area contributed by atoms with Gasteiger partial charge in [0.25, 0.3) is 0 Å². The van der Waals surface area contributed by atoms with Crippen LogP contribution in [0.4, 0.5) is 4.79 Å². The van der Waals surface area contributed by atoms with Crippen molar-refractivity contribution in [2.24, 2.45) is 33.5 Å². The Balaban J connectivity index is 2.10. The van der Waals surface area contributed by atoms with Crippen LogP contribution in [0.3, 0.4) is 0 Å². The lowest BCUT2D eigenvalue weighted by Crippen LogP contribution is -2.51. The van der Waals surface area contributed by atoms with Crippen LogP contribution in [0.1, 0.15) is 107 Å². The van der Waals surface area contributed by atoms with E-state index < -0.39 is 0 Å². The Labute approximate surface area is 192 Å². The molecule has 0 heterocycles. The van der Waals surface area contributed by atoms with Gasteiger partial charge in [0.05, 0.1) is 0 Å². The minimum Gasteiger partial charge on any atom is -0.327 e. The zero-order valence-corrected chi connectivity index (χ0v) is 22.0. The molecular weight excluding hydrogens is 384 g/mol. The molecule has 0 spiro atoms. The molecule has 0 aromatic carbocycles. The summed E-state index contributed by atoms with van der Waals surface area (Å²) in [7, 11) is 1.88. The van der Waals surface area contributed by atoms with Crippen molar-refractivity contribution < 1.29 is 9.59 Å². The predicted octanol–water partition coefficient (Wildman–Crippen LogP) is 6.98. The highest BCUT2D eigenvalue weighted by Gasteiger charge is 2.44. The van der Waals surface area contributed by atoms with Gasteiger partial charge in [0.2, 0.25) is 6.41 Å². The van der Waals surface area contributed by atoms with Crippen molar-refractivity contribution in [2.45, 2.75) is 107 Å². The van der Waals surface area contributed by atoms with E-state index in [0.717, 1.165) is 38.6 Å². The molecule has 3 amide bonds. The number of nitrogens with zero attached hydrogens (tertiary/aromatic N) is 2. The molecule has 0 aromatic rings. The summed E-state index contributed by atoms with van der Waals surface area (Å²) in [6.07, 6.45) is 10.1. The van der Waals surface area contributed by atoms with Crippen molar-refractivity contribution in [3.8, 4) is 0 Å². The maximum atomic E-state index is 13.4. The highest BCUT2D eigenvalue weighted by atomic mass is 16.2. The van der Waals surface area contributed by atoms with Crippen molar-refractivity contribution in [3.05, 3.63) is 0 Å². The predicted molar refractivity (Wildman–Crippen MR) is 130 cm³/mol. The Bertz CT molecular complexity index is 643. The molecule has 0 aliphatic heterocycles. The molecule has 2 aliphatic carbocycles. The van der Waals surface area contributed by atoms with Crippen molar-refractivity contribution in [2.75, 3.05) is 20.1 Å². The molecule has 0 aromatic heterocycles. The Kier molecular flexibility index (Phi) is 7.97. The van der Waals surface area contributed by atoms with Gasteiger partial charge in [-0.25, -0.2) is 4.79 Å². The maximum Gasteiger partial charge on any atom is 0.326 e. The lowest BCUT2D eigenvalue weighted by atomic mass is 9.60. The molecule has 4 atom stereocenters. The molecule has 180 valence electrons. The first kappa shape index (κ1) is 26.2. The summed E-state index contributed by atoms with van der Waals surface area (Å²) in [4.78, 5) is 28.7. The molecule has 4 nitrogen and oxygen atoms in total. The number of rotatable bonds is 7. The molecule has 31 heavy (non-hydrogen) atoms. The van der Waals surface area contributed by atoms with E-state index >= 15 is 0 Å². The van der Waals surface area contributed by atoms with Gasteiger partial charge in [-0.3, -0.25) is 9.69 Å². The van der Waals surface area contributed by atoms with Gasteiger partial charge in [-0.2, -0.15) is 0 Å². The summed E-state index contributed by atoms with van der Waals surface area (Å²) >= 11 is 0. The van der Waals surface area contributed by atoms with Gasteiger partial charge in [0, 0.05) is 20.1 Å². The monoisotopic (exact) mass is 434 g/mol. The zero-order valence-electron chi connectivity index (χ0n) is 22.0. The molecule has 0 saturated heterocycles. The van der Waals surface area contributed by atoms with Crippen LogP contribution in [0.5, 0.6) is 0 Å². The quantitative estimate of drug-likeness (QED) is 0.405. The molecule has 2 saturated carbocycles. The summed E-state index contributed by atoms with van der Waals surface area (Å²) in [5.41, 5.74) is 0.654. The molecule has 2 rings (SSSR count). The lowest BCUT2D eigenvalue weighted by Gasteiger charge is -2.49. The van der Waals surface area contributed by atoms with E-state index in [1.54, 1.807) is 0 Å². The molecule has 2 fully saturated rings. The average molecular weight is 435 g/mol. The largest absolute Gasteiger partial charge is 0.327 e. The Morgan fingerprint density at radius 1 is 0.806 bits per heavy atom. The standard InChI is InChI=1S/C27H50N2O2/c1-10-21-12-24(3,4)16-26(7,14-21)18-28(9)23(31)29(20-30)19-27(8)15-22(11-2)13-25(5,6)17-27/h20-22H,10-19H2,1-9H3. The highest BCUT2D eigenvalue weighted by molar-refractivity contribution is 5.84. The van der Waals surface area contributed by atoms with Crippen molar-refractivity contribution in [3.63, 3.8) is 0 Å². The number of carbonyl (C=O) groups is 2. The van der Waals surface area contributed by atoms with E-state index in [0.29, 0.717) is 23.8 Å². The summed E-state index contributed by atoms with van der Waals surface area (Å²) in [5.74, 6) is 1.39. The van der Waals surface area contributed by atoms with Crippen LogP contribution in [0, 0.1) is 33.5 Å². The van der Waals surface area contributed by atoms with Crippen LogP contribution in [0.15, 0.2) is 0 Å². The average Bonchev–Trinajstić information content (AvgIpc) is 2.61. The molecule has 0 radical (unpaired) electrons. The molecule has 0 bridgehead atoms. The fourth-order valence-electron chi connectivity index (χ4n) is 7.94. The van der Waals surface area contributed by atoms with Gasteiger partial charge in [0.1, 0.15) is 0 Å². The van der Waals surface area contributed by atoms with Crippen molar-refractivity contribution in [1.82, 2.24) is 9.80 Å². The SMILES string of the molecule is CCC1CC(C)(C)CC(C)(CN(C)C(=O)N(C=O)CC2(C)CC(CC)CC(C)(C)C2)C1. The summed E-state index contributed by atoms with van der Waals surface area (Å²) in [6, 6.07) is -0.134. The van der Waals surface area contributed by atoms with E-state index in [-0.39, 0.29) is 22.3 Å². The number of amides is 3. The molecular formula is C27H50N2O2. The lowest BCUT2D eigenvalue weighted by molar-refractivity contribution is -0.118. The van der Waals surface area contributed by atoms with Crippen molar-refractivity contribution >= 4 is 12.4 Å². The summed E-state index contributed by atoms with van der Waals surface area (Å²) in [5, 5.41) is 0. The first-order chi connectivity index (χ1) is 14.2. The summed E-state index contributed by atoms with van der Waals surface area (Å²) in [6.45, 7) is 19.8. The second-order valence-electron chi connectivity index (χ2n) is 13.5. The van der Waals surface area contributed by atoms with E-state index in [1.165, 1.54) is 30.6 Å². The first-order valence-corrected chi connectivity index (χ1v) is 12.6. The molecule has 4 unspecified atom stereocenters. The number of urea groups is 1. The van der Waals surface area contributed by atoms with E-state index in [4.69, 9.17) is 0 Å². The third-order valence-electron chi connectivity index (χ3n) is 8.08. The second kappa shape index (κ2) is 9.43. The topological polar surface area (TPSA) is 40.6 Å². The number of imide groups is 1. The third-order valence-corrected chi connectivity index (χ3v) is 8.08. The van der Waals surface area contributed by atoms with Crippen LogP contribution in [0.2, 0.25) is 0 Å². The van der Waals surface area contributed by atoms with Crippen LogP contribution in [-0.2, 0) is 4.79 Å². The van der Waals surface area contributed by atoms with Crippen LogP contribution >= 0.6 is 0 Å². The van der Waals surface area contributed by atoms with Gasteiger partial charge in [-0.05, 0) is 72.0 Å². The minimum atomic E-state index is -0.134. The maximum absolute atomic E-state index is 13.4. The Morgan fingerprint density at radius 2 is 1.23 bits per heavy atom. The van der Waals surface area contributed by atoms with Gasteiger partial charge in [-0.15, -0.1) is 0 Å². The Morgan fingerprint density at radius 3 is 1.61 bits per heavy atom. The number of hydrogen-bond acceptors (Lipinski definition) is 2. The molecule has 4 heteroatoms. The third kappa shape index (κ3) is 6.96. The van der Waals surface area contributed by atoms with Crippen LogP contribution in [-0.4, -0.2) is 42.4 Å². The zero-order chi connectivity index (χ0) is 23.7. The van der Waals surface area contributed by atoms with Gasteiger partial charge >= 0.3 is 6.03 Å². The van der Waals surface area contributed by atoms with E-state index in [2.05, 4.69) is 55.4 Å². The van der Waals surface area contributed by atoms with Gasteiger partial charge in [0.15, 0.2) is 0 Å². The smallest absolute Gasteiger partial charge is 0.326 e. The highest BCUT2D eigenvalue weighted by Crippen LogP contribution is 2.51. The van der Waals surface area contributed by atoms with Crippen molar-refractivity contribution in [1.29, 1.82) is 0 Å². The normalized spacial score (nSPS) is 34.7. The van der Waals surface area contributed by atoms with E-state index in [1.807, 2.05) is 11.9 Å². The van der Waals surface area contributed by atoms with Gasteiger partial charge < -0.3 is 4.90 Å². The first-order valence-electron chi connectivity index (χ1n) is 12.6. The van der Waals surface area contributed by atoms with Crippen LogP contribution in [0.25, 0.3) is 0 Å². The molecule has 0 N–H and O–H groups in total. The number of hydrogen-bond donors (Lipinski definition) is 0. The van der Waals surface area contributed by atoms with Crippen LogP contribution < -0.4 is 0 Å². The Hall–Kier alpha value is -1.06. The van der Waals surface area contributed by atoms with E-state index in [9.17, 15) is 9.59 Å². The van der Waals surface area contributed by atoms with Gasteiger partial charge in [-0.1, -0.05) is 68.2 Å². The number of carbonyl (C=O) groups excluding carboxylic acids is 2. The summed E-state index contributed by atoms with van der Waals surface area (Å²) < 4.78 is 0. The fraction of sp³-hybridized carbons (Fsp3) is 0.926. The fourth-order valence-corrected chi connectivity index (χ4v) is 7.94. The second-order valence-corrected chi connectivity index (χ2v) is 13.5.